The van der Waals surface area contributed by atoms with E-state index in [-0.39, 0.29) is 0 Å². The maximum Gasteiger partial charge on any atom is 0.215 e. The van der Waals surface area contributed by atoms with E-state index in [0.717, 1.165) is 87.1 Å². The fourth-order valence-corrected chi connectivity index (χ4v) is 4.12. The van der Waals surface area contributed by atoms with Crippen molar-refractivity contribution < 1.29 is 14.2 Å². The largest absolute Gasteiger partial charge is 0.476 e. The molecule has 9 nitrogen and oxygen atoms in total. The molecule has 0 radical (unpaired) electrons. The first-order chi connectivity index (χ1) is 16.3. The van der Waals surface area contributed by atoms with Crippen LogP contribution in [0.5, 0.6) is 5.88 Å². The summed E-state index contributed by atoms with van der Waals surface area (Å²) in [6.07, 6.45) is 1.83. The van der Waals surface area contributed by atoms with E-state index in [4.69, 9.17) is 19.2 Å². The van der Waals surface area contributed by atoms with Gasteiger partial charge in [0.25, 0.3) is 0 Å². The molecule has 4 heterocycles. The molecule has 5 rings (SSSR count). The lowest BCUT2D eigenvalue weighted by atomic mass is 10.2. The number of pyridine rings is 1. The lowest BCUT2D eigenvalue weighted by molar-refractivity contribution is 0.0320. The summed E-state index contributed by atoms with van der Waals surface area (Å²) in [5.41, 5.74) is 3.81. The molecule has 0 bridgehead atoms. The molecule has 0 amide bonds. The minimum Gasteiger partial charge on any atom is -0.476 e. The Hall–Kier alpha value is -3.01. The van der Waals surface area contributed by atoms with Crippen LogP contribution in [0.3, 0.4) is 0 Å². The van der Waals surface area contributed by atoms with Gasteiger partial charge in [-0.2, -0.15) is 5.10 Å². The fraction of sp³-hybridized carbons (Fsp3) is 0.458. The van der Waals surface area contributed by atoms with Crippen molar-refractivity contribution in [3.63, 3.8) is 0 Å². The molecule has 3 aromatic rings. The first kappa shape index (κ1) is 21.8. The quantitative estimate of drug-likeness (QED) is 0.526. The maximum atomic E-state index is 6.07. The van der Waals surface area contributed by atoms with Crippen molar-refractivity contribution in [3.8, 4) is 5.88 Å². The SMILES string of the molecule is C(=NCc1cc(N2CCOCC2)cc(OCCN2CCOCC2)n1)c1[nH]nc2ccccc12. The molecule has 2 fully saturated rings. The summed E-state index contributed by atoms with van der Waals surface area (Å²) in [5.74, 6) is 0.643. The lowest BCUT2D eigenvalue weighted by Gasteiger charge is -2.29. The molecule has 2 aliphatic rings. The van der Waals surface area contributed by atoms with Crippen LogP contribution in [0.4, 0.5) is 5.69 Å². The number of fused-ring (bicyclic) bond motifs is 1. The highest BCUT2D eigenvalue weighted by Gasteiger charge is 2.15. The highest BCUT2D eigenvalue weighted by molar-refractivity contribution is 5.96. The standard InChI is InChI=1S/C24H30N6O3/c1-2-4-22-21(3-1)23(28-27-22)18-25-17-19-15-20(30-8-12-32-13-9-30)16-24(26-19)33-14-7-29-5-10-31-11-6-29/h1-4,15-16,18H,5-14,17H2,(H,27,28). The highest BCUT2D eigenvalue weighted by Crippen LogP contribution is 2.23. The number of nitrogens with zero attached hydrogens (tertiary/aromatic N) is 5. The van der Waals surface area contributed by atoms with E-state index in [0.29, 0.717) is 19.0 Å². The summed E-state index contributed by atoms with van der Waals surface area (Å²) in [4.78, 5) is 14.0. The van der Waals surface area contributed by atoms with Gasteiger partial charge in [-0.25, -0.2) is 4.98 Å². The number of rotatable bonds is 8. The van der Waals surface area contributed by atoms with Gasteiger partial charge in [0, 0.05) is 56.1 Å². The van der Waals surface area contributed by atoms with Crippen LogP contribution in [-0.2, 0) is 16.0 Å². The van der Waals surface area contributed by atoms with Crippen LogP contribution in [0.2, 0.25) is 0 Å². The topological polar surface area (TPSA) is 88.1 Å². The first-order valence-electron chi connectivity index (χ1n) is 11.5. The molecule has 1 aromatic carbocycles. The summed E-state index contributed by atoms with van der Waals surface area (Å²) in [7, 11) is 0. The minimum absolute atomic E-state index is 0.464. The summed E-state index contributed by atoms with van der Waals surface area (Å²) >= 11 is 0. The third-order valence-electron chi connectivity index (χ3n) is 5.94. The summed E-state index contributed by atoms with van der Waals surface area (Å²) in [6, 6.07) is 12.1. The molecule has 1 N–H and O–H groups in total. The van der Waals surface area contributed by atoms with Crippen LogP contribution in [0.15, 0.2) is 41.4 Å². The fourth-order valence-electron chi connectivity index (χ4n) is 4.12. The van der Waals surface area contributed by atoms with Crippen molar-refractivity contribution >= 4 is 22.8 Å². The van der Waals surface area contributed by atoms with Gasteiger partial charge in [-0.1, -0.05) is 18.2 Å². The third kappa shape index (κ3) is 5.68. The average molecular weight is 451 g/mol. The van der Waals surface area contributed by atoms with Crippen molar-refractivity contribution in [2.24, 2.45) is 4.99 Å². The number of nitrogens with one attached hydrogen (secondary N) is 1. The zero-order valence-corrected chi connectivity index (χ0v) is 18.8. The number of morpholine rings is 2. The van der Waals surface area contributed by atoms with E-state index in [1.54, 1.807) is 0 Å². The Morgan fingerprint density at radius 1 is 1.03 bits per heavy atom. The van der Waals surface area contributed by atoms with Crippen LogP contribution in [0, 0.1) is 0 Å². The number of H-pyrrole nitrogens is 1. The van der Waals surface area contributed by atoms with Crippen molar-refractivity contribution in [2.45, 2.75) is 6.54 Å². The van der Waals surface area contributed by atoms with Gasteiger partial charge in [-0.15, -0.1) is 0 Å². The normalized spacial score (nSPS) is 17.8. The summed E-state index contributed by atoms with van der Waals surface area (Å²) in [5, 5.41) is 8.44. The minimum atomic E-state index is 0.464. The Balaban J connectivity index is 1.28. The average Bonchev–Trinajstić information content (AvgIpc) is 3.28. The first-order valence-corrected chi connectivity index (χ1v) is 11.5. The number of ether oxygens (including phenoxy) is 3. The molecule has 2 aromatic heterocycles. The van der Waals surface area contributed by atoms with E-state index >= 15 is 0 Å². The second kappa shape index (κ2) is 10.7. The molecule has 0 aliphatic carbocycles. The van der Waals surface area contributed by atoms with E-state index in [1.165, 1.54) is 0 Å². The molecule has 0 atom stereocenters. The van der Waals surface area contributed by atoms with Crippen LogP contribution in [-0.4, -0.2) is 92.1 Å². The van der Waals surface area contributed by atoms with Crippen molar-refractivity contribution in [2.75, 3.05) is 70.7 Å². The second-order valence-electron chi connectivity index (χ2n) is 8.18. The molecule has 9 heteroatoms. The van der Waals surface area contributed by atoms with Gasteiger partial charge >= 0.3 is 0 Å². The maximum absolute atomic E-state index is 6.07. The summed E-state index contributed by atoms with van der Waals surface area (Å²) < 4.78 is 17.0. The number of para-hydroxylation sites is 1. The van der Waals surface area contributed by atoms with Gasteiger partial charge in [-0.3, -0.25) is 15.0 Å². The van der Waals surface area contributed by atoms with E-state index in [9.17, 15) is 0 Å². The van der Waals surface area contributed by atoms with E-state index in [1.807, 2.05) is 36.5 Å². The highest BCUT2D eigenvalue weighted by atomic mass is 16.5. The van der Waals surface area contributed by atoms with E-state index < -0.39 is 0 Å². The Morgan fingerprint density at radius 2 is 1.82 bits per heavy atom. The monoisotopic (exact) mass is 450 g/mol. The second-order valence-corrected chi connectivity index (χ2v) is 8.18. The zero-order chi connectivity index (χ0) is 22.3. The van der Waals surface area contributed by atoms with Gasteiger partial charge in [-0.05, 0) is 12.1 Å². The van der Waals surface area contributed by atoms with Crippen LogP contribution in [0.1, 0.15) is 11.4 Å². The number of anilines is 1. The molecule has 2 aliphatic heterocycles. The smallest absolute Gasteiger partial charge is 0.215 e. The molecule has 0 unspecified atom stereocenters. The molecule has 0 spiro atoms. The van der Waals surface area contributed by atoms with Gasteiger partial charge in [0.15, 0.2) is 0 Å². The number of benzene rings is 1. The Morgan fingerprint density at radius 3 is 2.67 bits per heavy atom. The Labute approximate surface area is 193 Å². The van der Waals surface area contributed by atoms with Crippen LogP contribution < -0.4 is 9.64 Å². The Bertz CT molecular complexity index is 1070. The molecule has 33 heavy (non-hydrogen) atoms. The van der Waals surface area contributed by atoms with Crippen molar-refractivity contribution in [1.29, 1.82) is 0 Å². The third-order valence-corrected chi connectivity index (χ3v) is 5.94. The number of aromatic nitrogens is 3. The number of hydrogen-bond acceptors (Lipinski definition) is 8. The lowest BCUT2D eigenvalue weighted by Crippen LogP contribution is -2.38. The number of hydrogen-bond donors (Lipinski definition) is 1. The molecule has 2 saturated heterocycles. The van der Waals surface area contributed by atoms with Gasteiger partial charge in [0.1, 0.15) is 6.61 Å². The zero-order valence-electron chi connectivity index (χ0n) is 18.8. The molecular weight excluding hydrogens is 420 g/mol. The molecule has 0 saturated carbocycles. The van der Waals surface area contributed by atoms with Crippen LogP contribution >= 0.6 is 0 Å². The molecular formula is C24H30N6O3. The van der Waals surface area contributed by atoms with Gasteiger partial charge < -0.3 is 19.1 Å². The Kier molecular flexibility index (Phi) is 7.10. The van der Waals surface area contributed by atoms with Crippen molar-refractivity contribution in [1.82, 2.24) is 20.1 Å². The number of aliphatic imine (C=N–C) groups is 1. The van der Waals surface area contributed by atoms with Crippen molar-refractivity contribution in [3.05, 3.63) is 47.8 Å². The van der Waals surface area contributed by atoms with Gasteiger partial charge in [0.2, 0.25) is 5.88 Å². The van der Waals surface area contributed by atoms with Crippen LogP contribution in [0.25, 0.3) is 10.9 Å². The number of aromatic amines is 1. The summed E-state index contributed by atoms with van der Waals surface area (Å²) in [6.45, 7) is 8.60. The predicted octanol–water partition coefficient (Wildman–Crippen LogP) is 2.12. The molecule has 174 valence electrons. The predicted molar refractivity (Wildman–Crippen MR) is 127 cm³/mol. The van der Waals surface area contributed by atoms with E-state index in [2.05, 4.69) is 31.1 Å². The van der Waals surface area contributed by atoms with Gasteiger partial charge in [0.05, 0.1) is 49.9 Å².